The van der Waals surface area contributed by atoms with Crippen LogP contribution in [0.3, 0.4) is 0 Å². The van der Waals surface area contributed by atoms with Gasteiger partial charge >= 0.3 is 5.97 Å². The van der Waals surface area contributed by atoms with E-state index < -0.39 is 8.32 Å². The van der Waals surface area contributed by atoms with Crippen LogP contribution in [-0.4, -0.2) is 38.2 Å². The lowest BCUT2D eigenvalue weighted by molar-refractivity contribution is -0.160. The topological polar surface area (TPSA) is 55.8 Å². The van der Waals surface area contributed by atoms with E-state index in [-0.39, 0.29) is 29.8 Å². The highest BCUT2D eigenvalue weighted by molar-refractivity contribution is 6.74. The van der Waals surface area contributed by atoms with Crippen molar-refractivity contribution in [3.63, 3.8) is 0 Å². The Labute approximate surface area is 111 Å². The average Bonchev–Trinajstić information content (AvgIpc) is 2.13. The van der Waals surface area contributed by atoms with Gasteiger partial charge in [0.1, 0.15) is 6.10 Å². The highest BCUT2D eigenvalue weighted by Gasteiger charge is 2.41. The SMILES string of the molecule is CC(C)(C)[Si](C)(C)OC1CC(=O)O[C@H](CCO)C1. The zero-order valence-corrected chi connectivity index (χ0v) is 13.2. The first-order chi connectivity index (χ1) is 8.15. The molecule has 0 bridgehead atoms. The molecule has 0 radical (unpaired) electrons. The average molecular weight is 274 g/mol. The molecule has 1 aliphatic heterocycles. The number of hydrogen-bond donors (Lipinski definition) is 1. The molecule has 1 heterocycles. The maximum absolute atomic E-state index is 11.5. The van der Waals surface area contributed by atoms with Crippen LogP contribution in [-0.2, 0) is 14.0 Å². The Kier molecular flexibility index (Phi) is 4.97. The van der Waals surface area contributed by atoms with Gasteiger partial charge in [0.2, 0.25) is 0 Å². The highest BCUT2D eigenvalue weighted by Crippen LogP contribution is 2.38. The molecule has 2 atom stereocenters. The lowest BCUT2D eigenvalue weighted by Gasteiger charge is -2.41. The maximum Gasteiger partial charge on any atom is 0.308 e. The molecule has 1 rings (SSSR count). The summed E-state index contributed by atoms with van der Waals surface area (Å²) in [4.78, 5) is 11.5. The highest BCUT2D eigenvalue weighted by atomic mass is 28.4. The van der Waals surface area contributed by atoms with Crippen molar-refractivity contribution in [1.82, 2.24) is 0 Å². The maximum atomic E-state index is 11.5. The van der Waals surface area contributed by atoms with Crippen molar-refractivity contribution in [3.8, 4) is 0 Å². The van der Waals surface area contributed by atoms with Crippen LogP contribution in [0.2, 0.25) is 18.1 Å². The number of hydrogen-bond acceptors (Lipinski definition) is 4. The van der Waals surface area contributed by atoms with Gasteiger partial charge in [-0.2, -0.15) is 0 Å². The Balaban J connectivity index is 2.64. The summed E-state index contributed by atoms with van der Waals surface area (Å²) in [5.41, 5.74) is 0. The van der Waals surface area contributed by atoms with Crippen LogP contribution in [0.15, 0.2) is 0 Å². The summed E-state index contributed by atoms with van der Waals surface area (Å²) in [5, 5.41) is 9.07. The van der Waals surface area contributed by atoms with Gasteiger partial charge in [-0.05, 0) is 18.1 Å². The number of ether oxygens (including phenoxy) is 1. The fraction of sp³-hybridized carbons (Fsp3) is 0.923. The van der Waals surface area contributed by atoms with Crippen molar-refractivity contribution < 1.29 is 19.1 Å². The molecule has 0 aromatic rings. The quantitative estimate of drug-likeness (QED) is 0.632. The molecule has 1 N–H and O–H groups in total. The molecular weight excluding hydrogens is 248 g/mol. The Bertz CT molecular complexity index is 296. The summed E-state index contributed by atoms with van der Waals surface area (Å²) >= 11 is 0. The Morgan fingerprint density at radius 1 is 1.44 bits per heavy atom. The summed E-state index contributed by atoms with van der Waals surface area (Å²) in [6, 6.07) is 0. The number of carbonyl (C=O) groups is 1. The van der Waals surface area contributed by atoms with Crippen LogP contribution >= 0.6 is 0 Å². The van der Waals surface area contributed by atoms with Crippen molar-refractivity contribution in [3.05, 3.63) is 0 Å². The van der Waals surface area contributed by atoms with E-state index in [9.17, 15) is 4.79 Å². The lowest BCUT2D eigenvalue weighted by atomic mass is 10.0. The van der Waals surface area contributed by atoms with Gasteiger partial charge in [-0.15, -0.1) is 0 Å². The second-order valence-electron chi connectivity index (χ2n) is 6.56. The molecule has 0 aliphatic carbocycles. The minimum absolute atomic E-state index is 0.0464. The third-order valence-electron chi connectivity index (χ3n) is 3.94. The Hall–Kier alpha value is -0.393. The molecule has 1 fully saturated rings. The summed E-state index contributed by atoms with van der Waals surface area (Å²) in [6.07, 6.45) is 1.31. The third-order valence-corrected chi connectivity index (χ3v) is 8.47. The van der Waals surface area contributed by atoms with Crippen LogP contribution in [0.1, 0.15) is 40.0 Å². The molecule has 106 valence electrons. The van der Waals surface area contributed by atoms with E-state index in [0.717, 1.165) is 0 Å². The van der Waals surface area contributed by atoms with Crippen LogP contribution in [0, 0.1) is 0 Å². The van der Waals surface area contributed by atoms with E-state index in [1.165, 1.54) is 0 Å². The van der Waals surface area contributed by atoms with Gasteiger partial charge in [0.25, 0.3) is 0 Å². The van der Waals surface area contributed by atoms with E-state index in [2.05, 4.69) is 33.9 Å². The standard InChI is InChI=1S/C13H26O4Si/c1-13(2,3)18(4,5)17-11-8-10(6-7-14)16-12(15)9-11/h10-11,14H,6-9H2,1-5H3/t10-,11?/m1/s1. The number of rotatable bonds is 4. The summed E-state index contributed by atoms with van der Waals surface area (Å²) in [7, 11) is -1.84. The van der Waals surface area contributed by atoms with Crippen molar-refractivity contribution in [2.24, 2.45) is 0 Å². The second-order valence-corrected chi connectivity index (χ2v) is 11.3. The zero-order valence-electron chi connectivity index (χ0n) is 12.2. The predicted molar refractivity (Wildman–Crippen MR) is 72.9 cm³/mol. The Morgan fingerprint density at radius 2 is 2.06 bits per heavy atom. The molecule has 1 aliphatic rings. The molecule has 0 aromatic carbocycles. The molecule has 0 amide bonds. The number of carbonyl (C=O) groups excluding carboxylic acids is 1. The molecule has 1 saturated heterocycles. The van der Waals surface area contributed by atoms with Gasteiger partial charge < -0.3 is 14.3 Å². The van der Waals surface area contributed by atoms with E-state index in [4.69, 9.17) is 14.3 Å². The van der Waals surface area contributed by atoms with Gasteiger partial charge in [-0.3, -0.25) is 4.79 Å². The largest absolute Gasteiger partial charge is 0.462 e. The van der Waals surface area contributed by atoms with Crippen molar-refractivity contribution in [2.75, 3.05) is 6.61 Å². The van der Waals surface area contributed by atoms with Gasteiger partial charge in [0.15, 0.2) is 8.32 Å². The number of aliphatic hydroxyl groups excluding tert-OH is 1. The molecule has 5 heteroatoms. The normalized spacial score (nSPS) is 26.0. The first kappa shape index (κ1) is 15.7. The first-order valence-electron chi connectivity index (χ1n) is 6.64. The summed E-state index contributed by atoms with van der Waals surface area (Å²) in [6.45, 7) is 11.0. The van der Waals surface area contributed by atoms with Crippen molar-refractivity contribution >= 4 is 14.3 Å². The monoisotopic (exact) mass is 274 g/mol. The second kappa shape index (κ2) is 5.71. The third kappa shape index (κ3) is 4.07. The minimum atomic E-state index is -1.84. The van der Waals surface area contributed by atoms with E-state index >= 15 is 0 Å². The number of esters is 1. The van der Waals surface area contributed by atoms with Gasteiger partial charge in [-0.25, -0.2) is 0 Å². The lowest BCUT2D eigenvalue weighted by Crippen LogP contribution is -2.47. The molecule has 0 saturated carbocycles. The van der Waals surface area contributed by atoms with E-state index in [1.54, 1.807) is 0 Å². The smallest absolute Gasteiger partial charge is 0.308 e. The molecule has 4 nitrogen and oxygen atoms in total. The Morgan fingerprint density at radius 3 is 2.56 bits per heavy atom. The van der Waals surface area contributed by atoms with Crippen LogP contribution in [0.4, 0.5) is 0 Å². The van der Waals surface area contributed by atoms with Gasteiger partial charge in [0, 0.05) is 19.4 Å². The molecule has 0 spiro atoms. The fourth-order valence-corrected chi connectivity index (χ4v) is 3.21. The first-order valence-corrected chi connectivity index (χ1v) is 9.54. The molecular formula is C13H26O4Si. The van der Waals surface area contributed by atoms with Crippen LogP contribution in [0.25, 0.3) is 0 Å². The van der Waals surface area contributed by atoms with E-state index in [0.29, 0.717) is 19.3 Å². The van der Waals surface area contributed by atoms with Crippen LogP contribution < -0.4 is 0 Å². The molecule has 0 aromatic heterocycles. The predicted octanol–water partition coefficient (Wildman–Crippen LogP) is 2.46. The van der Waals surface area contributed by atoms with Gasteiger partial charge in [-0.1, -0.05) is 20.8 Å². The van der Waals surface area contributed by atoms with E-state index in [1.807, 2.05) is 0 Å². The van der Waals surface area contributed by atoms with Crippen molar-refractivity contribution in [2.45, 2.75) is 70.4 Å². The zero-order chi connectivity index (χ0) is 14.0. The summed E-state index contributed by atoms with van der Waals surface area (Å²) in [5.74, 6) is -0.205. The minimum Gasteiger partial charge on any atom is -0.462 e. The van der Waals surface area contributed by atoms with Crippen molar-refractivity contribution in [1.29, 1.82) is 0 Å². The van der Waals surface area contributed by atoms with Crippen LogP contribution in [0.5, 0.6) is 0 Å². The van der Waals surface area contributed by atoms with Gasteiger partial charge in [0.05, 0.1) is 12.5 Å². The number of cyclic esters (lactones) is 1. The number of aliphatic hydroxyl groups is 1. The molecule has 18 heavy (non-hydrogen) atoms. The molecule has 1 unspecified atom stereocenters. The summed E-state index contributed by atoms with van der Waals surface area (Å²) < 4.78 is 11.4. The fourth-order valence-electron chi connectivity index (χ4n) is 1.85.